The van der Waals surface area contributed by atoms with Gasteiger partial charge in [-0.25, -0.2) is 0 Å². The largest absolute Gasteiger partial charge is 0.497 e. The van der Waals surface area contributed by atoms with E-state index in [1.165, 1.54) is 0 Å². The van der Waals surface area contributed by atoms with Gasteiger partial charge in [-0.15, -0.1) is 0 Å². The second kappa shape index (κ2) is 9.93. The standard InChI is InChI=1S/C19H26N2O2.CH4/c1-15(22)21(12-6-4-3-5-11-20)18-9-7-17-14-19(23-2)10-8-16(17)13-18;/h7-10,13-14H,3-6,11-12,20H2,1-2H3;1H4. The highest BCUT2D eigenvalue weighted by Crippen LogP contribution is 2.26. The summed E-state index contributed by atoms with van der Waals surface area (Å²) in [4.78, 5) is 13.8. The number of amides is 1. The third-order valence-corrected chi connectivity index (χ3v) is 4.06. The molecule has 0 fully saturated rings. The molecule has 1 amide bonds. The number of hydrogen-bond donors (Lipinski definition) is 1. The Morgan fingerprint density at radius 1 is 1.04 bits per heavy atom. The average Bonchev–Trinajstić information content (AvgIpc) is 2.57. The van der Waals surface area contributed by atoms with Crippen LogP contribution in [0.15, 0.2) is 36.4 Å². The SMILES string of the molecule is C.COc1ccc2cc(N(CCCCCCN)C(C)=O)ccc2c1. The highest BCUT2D eigenvalue weighted by Gasteiger charge is 2.11. The molecule has 0 spiro atoms. The number of ether oxygens (including phenoxy) is 1. The second-order valence-corrected chi connectivity index (χ2v) is 5.77. The van der Waals surface area contributed by atoms with E-state index in [4.69, 9.17) is 10.5 Å². The van der Waals surface area contributed by atoms with Crippen molar-refractivity contribution in [3.05, 3.63) is 36.4 Å². The molecule has 0 aromatic heterocycles. The Balaban J connectivity index is 0.00000288. The van der Waals surface area contributed by atoms with Crippen LogP contribution in [0, 0.1) is 0 Å². The fraction of sp³-hybridized carbons (Fsp3) is 0.450. The van der Waals surface area contributed by atoms with E-state index in [2.05, 4.69) is 6.07 Å². The topological polar surface area (TPSA) is 55.6 Å². The Morgan fingerprint density at radius 3 is 2.38 bits per heavy atom. The molecule has 4 heteroatoms. The maximum absolute atomic E-state index is 12.0. The summed E-state index contributed by atoms with van der Waals surface area (Å²) >= 11 is 0. The minimum absolute atomic E-state index is 0. The van der Waals surface area contributed by atoms with Gasteiger partial charge in [0.2, 0.25) is 5.91 Å². The number of anilines is 1. The lowest BCUT2D eigenvalue weighted by Gasteiger charge is -2.21. The van der Waals surface area contributed by atoms with Crippen molar-refractivity contribution < 1.29 is 9.53 Å². The maximum Gasteiger partial charge on any atom is 0.223 e. The number of unbranched alkanes of at least 4 members (excludes halogenated alkanes) is 3. The summed E-state index contributed by atoms with van der Waals surface area (Å²) in [5.74, 6) is 0.922. The number of carbonyl (C=O) groups is 1. The molecule has 0 saturated heterocycles. The Labute approximate surface area is 145 Å². The van der Waals surface area contributed by atoms with Crippen LogP contribution in [0.25, 0.3) is 10.8 Å². The molecule has 2 aromatic carbocycles. The van der Waals surface area contributed by atoms with E-state index in [0.717, 1.165) is 61.0 Å². The van der Waals surface area contributed by atoms with Crippen LogP contribution in [-0.2, 0) is 4.79 Å². The van der Waals surface area contributed by atoms with Gasteiger partial charge in [-0.05, 0) is 54.4 Å². The van der Waals surface area contributed by atoms with Crippen molar-refractivity contribution in [2.24, 2.45) is 5.73 Å². The molecule has 0 radical (unpaired) electrons. The Bertz CT molecular complexity index is 655. The van der Waals surface area contributed by atoms with Gasteiger partial charge in [0.15, 0.2) is 0 Å². The summed E-state index contributed by atoms with van der Waals surface area (Å²) in [7, 11) is 1.66. The summed E-state index contributed by atoms with van der Waals surface area (Å²) in [5, 5.41) is 2.22. The molecule has 0 aliphatic rings. The minimum Gasteiger partial charge on any atom is -0.497 e. The van der Waals surface area contributed by atoms with Crippen LogP contribution in [0.5, 0.6) is 5.75 Å². The highest BCUT2D eigenvalue weighted by molar-refractivity contribution is 5.95. The fourth-order valence-electron chi connectivity index (χ4n) is 2.74. The molecule has 24 heavy (non-hydrogen) atoms. The maximum atomic E-state index is 12.0. The monoisotopic (exact) mass is 330 g/mol. The first-order chi connectivity index (χ1) is 11.2. The van der Waals surface area contributed by atoms with E-state index < -0.39 is 0 Å². The number of nitrogens with two attached hydrogens (primary N) is 1. The lowest BCUT2D eigenvalue weighted by atomic mass is 10.1. The van der Waals surface area contributed by atoms with Crippen molar-refractivity contribution in [3.8, 4) is 5.75 Å². The fourth-order valence-corrected chi connectivity index (χ4v) is 2.74. The quantitative estimate of drug-likeness (QED) is 0.732. The molecule has 0 aliphatic carbocycles. The van der Waals surface area contributed by atoms with Crippen LogP contribution in [0.4, 0.5) is 5.69 Å². The summed E-state index contributed by atoms with van der Waals surface area (Å²) in [5.41, 5.74) is 6.46. The van der Waals surface area contributed by atoms with Gasteiger partial charge in [-0.2, -0.15) is 0 Å². The number of rotatable bonds is 8. The summed E-state index contributed by atoms with van der Waals surface area (Å²) in [6.45, 7) is 3.12. The van der Waals surface area contributed by atoms with Gasteiger partial charge < -0.3 is 15.4 Å². The smallest absolute Gasteiger partial charge is 0.223 e. The van der Waals surface area contributed by atoms with E-state index in [1.54, 1.807) is 14.0 Å². The predicted molar refractivity (Wildman–Crippen MR) is 103 cm³/mol. The molecule has 0 unspecified atom stereocenters. The third-order valence-electron chi connectivity index (χ3n) is 4.06. The molecule has 0 heterocycles. The van der Waals surface area contributed by atoms with Crippen molar-refractivity contribution in [1.29, 1.82) is 0 Å². The highest BCUT2D eigenvalue weighted by atomic mass is 16.5. The van der Waals surface area contributed by atoms with Crippen LogP contribution < -0.4 is 15.4 Å². The third kappa shape index (κ3) is 5.24. The van der Waals surface area contributed by atoms with Crippen molar-refractivity contribution in [2.45, 2.75) is 40.0 Å². The lowest BCUT2D eigenvalue weighted by Crippen LogP contribution is -2.29. The molecule has 0 atom stereocenters. The van der Waals surface area contributed by atoms with Gasteiger partial charge >= 0.3 is 0 Å². The number of nitrogens with zero attached hydrogens (tertiary/aromatic N) is 1. The second-order valence-electron chi connectivity index (χ2n) is 5.77. The van der Waals surface area contributed by atoms with Crippen molar-refractivity contribution >= 4 is 22.4 Å². The van der Waals surface area contributed by atoms with Gasteiger partial charge in [0.25, 0.3) is 0 Å². The van der Waals surface area contributed by atoms with Crippen molar-refractivity contribution in [1.82, 2.24) is 0 Å². The zero-order chi connectivity index (χ0) is 16.7. The van der Waals surface area contributed by atoms with E-state index in [0.29, 0.717) is 0 Å². The van der Waals surface area contributed by atoms with Crippen LogP contribution in [-0.4, -0.2) is 26.1 Å². The molecular weight excluding hydrogens is 300 g/mol. The first-order valence-corrected chi connectivity index (χ1v) is 8.21. The van der Waals surface area contributed by atoms with Crippen LogP contribution >= 0.6 is 0 Å². The van der Waals surface area contributed by atoms with Crippen molar-refractivity contribution in [3.63, 3.8) is 0 Å². The van der Waals surface area contributed by atoms with Gasteiger partial charge in [-0.3, -0.25) is 4.79 Å². The molecule has 2 rings (SSSR count). The lowest BCUT2D eigenvalue weighted by molar-refractivity contribution is -0.116. The Hall–Kier alpha value is -2.07. The van der Waals surface area contributed by atoms with E-state index >= 15 is 0 Å². The van der Waals surface area contributed by atoms with Crippen LogP contribution in [0.1, 0.15) is 40.0 Å². The number of methoxy groups -OCH3 is 1. The zero-order valence-corrected chi connectivity index (χ0v) is 14.0. The van der Waals surface area contributed by atoms with Crippen LogP contribution in [0.3, 0.4) is 0 Å². The van der Waals surface area contributed by atoms with Gasteiger partial charge in [0.05, 0.1) is 7.11 Å². The molecule has 2 aromatic rings. The van der Waals surface area contributed by atoms with Crippen molar-refractivity contribution in [2.75, 3.05) is 25.1 Å². The molecule has 0 saturated carbocycles. The molecule has 132 valence electrons. The predicted octanol–water partition coefficient (Wildman–Crippen LogP) is 4.36. The Morgan fingerprint density at radius 2 is 1.71 bits per heavy atom. The van der Waals surface area contributed by atoms with E-state index in [9.17, 15) is 4.79 Å². The minimum atomic E-state index is 0. The van der Waals surface area contributed by atoms with Gasteiger partial charge in [0, 0.05) is 19.2 Å². The van der Waals surface area contributed by atoms with Gasteiger partial charge in [-0.1, -0.05) is 32.4 Å². The Kier molecular flexibility index (Phi) is 8.27. The van der Waals surface area contributed by atoms with Gasteiger partial charge in [0.1, 0.15) is 5.75 Å². The number of benzene rings is 2. The molecular formula is C20H30N2O2. The van der Waals surface area contributed by atoms with E-state index in [1.807, 2.05) is 35.2 Å². The number of carbonyl (C=O) groups excluding carboxylic acids is 1. The first-order valence-electron chi connectivity index (χ1n) is 8.21. The summed E-state index contributed by atoms with van der Waals surface area (Å²) in [6.07, 6.45) is 4.28. The molecule has 0 aliphatic heterocycles. The van der Waals surface area contributed by atoms with Crippen LogP contribution in [0.2, 0.25) is 0 Å². The summed E-state index contributed by atoms with van der Waals surface area (Å²) < 4.78 is 5.25. The normalized spacial score (nSPS) is 10.3. The molecule has 0 bridgehead atoms. The molecule has 4 nitrogen and oxygen atoms in total. The summed E-state index contributed by atoms with van der Waals surface area (Å²) in [6, 6.07) is 12.1. The number of hydrogen-bond acceptors (Lipinski definition) is 3. The average molecular weight is 330 g/mol. The first kappa shape index (κ1) is 20.0. The zero-order valence-electron chi connectivity index (χ0n) is 14.0. The van der Waals surface area contributed by atoms with E-state index in [-0.39, 0.29) is 13.3 Å². The number of fused-ring (bicyclic) bond motifs is 1. The molecule has 2 N–H and O–H groups in total.